The summed E-state index contributed by atoms with van der Waals surface area (Å²) in [7, 11) is -4.65. The van der Waals surface area contributed by atoms with Crippen LogP contribution in [0.5, 0.6) is 5.75 Å². The van der Waals surface area contributed by atoms with E-state index in [1.807, 2.05) is 13.8 Å². The Bertz CT molecular complexity index is 1670. The lowest BCUT2D eigenvalue weighted by Gasteiger charge is -2.23. The van der Waals surface area contributed by atoms with Crippen LogP contribution < -0.4 is 9.04 Å². The maximum Gasteiger partial charge on any atom is 0.343 e. The van der Waals surface area contributed by atoms with Crippen molar-refractivity contribution >= 4 is 44.9 Å². The van der Waals surface area contributed by atoms with Gasteiger partial charge in [-0.1, -0.05) is 47.0 Å². The zero-order valence-corrected chi connectivity index (χ0v) is 22.3. The van der Waals surface area contributed by atoms with Crippen LogP contribution in [-0.4, -0.2) is 25.2 Å². The molecular formula is C28H21ClN2O7S. The average molecular weight is 565 g/mol. The van der Waals surface area contributed by atoms with Gasteiger partial charge in [-0.2, -0.15) is 4.31 Å². The molecule has 198 valence electrons. The van der Waals surface area contributed by atoms with Gasteiger partial charge in [-0.3, -0.25) is 14.9 Å². The number of carbonyl (C=O) groups is 2. The standard InChI is InChI=1S/C28H21ClN2O7S/c1-18-3-7-20(8-4-18)27(32)30(39(36,37)24-15-16-25(29)26(17-24)31(34)35)22-11-13-23(14-12-22)38-28(33)21-9-5-19(2)6-10-21/h3-17H,1-2H3. The number of esters is 1. The van der Waals surface area contributed by atoms with E-state index < -0.39 is 37.4 Å². The van der Waals surface area contributed by atoms with Crippen molar-refractivity contribution in [3.63, 3.8) is 0 Å². The maximum absolute atomic E-state index is 13.7. The van der Waals surface area contributed by atoms with Gasteiger partial charge in [0.1, 0.15) is 10.8 Å². The number of ether oxygens (including phenoxy) is 1. The van der Waals surface area contributed by atoms with Crippen molar-refractivity contribution in [3.8, 4) is 5.75 Å². The molecule has 4 aromatic carbocycles. The van der Waals surface area contributed by atoms with Gasteiger partial charge in [0.2, 0.25) is 0 Å². The Labute approximate surface area is 229 Å². The summed E-state index contributed by atoms with van der Waals surface area (Å²) in [5.74, 6) is -1.39. The normalized spacial score (nSPS) is 11.1. The molecule has 0 aromatic heterocycles. The number of hydrogen-bond donors (Lipinski definition) is 0. The van der Waals surface area contributed by atoms with Crippen LogP contribution in [0.1, 0.15) is 31.8 Å². The minimum Gasteiger partial charge on any atom is -0.423 e. The number of hydrogen-bond acceptors (Lipinski definition) is 7. The van der Waals surface area contributed by atoms with Gasteiger partial charge in [0.15, 0.2) is 0 Å². The monoisotopic (exact) mass is 564 g/mol. The van der Waals surface area contributed by atoms with Crippen molar-refractivity contribution in [1.82, 2.24) is 0 Å². The fourth-order valence-electron chi connectivity index (χ4n) is 3.58. The second-order valence-electron chi connectivity index (χ2n) is 8.56. The number of aryl methyl sites for hydroxylation is 2. The molecule has 0 spiro atoms. The second-order valence-corrected chi connectivity index (χ2v) is 10.8. The first-order chi connectivity index (χ1) is 18.5. The van der Waals surface area contributed by atoms with Crippen LogP contribution in [0.2, 0.25) is 5.02 Å². The largest absolute Gasteiger partial charge is 0.423 e. The molecule has 0 radical (unpaired) electrons. The number of nitrogens with zero attached hydrogens (tertiary/aromatic N) is 2. The number of rotatable bonds is 7. The highest BCUT2D eigenvalue weighted by Crippen LogP contribution is 2.32. The highest BCUT2D eigenvalue weighted by atomic mass is 35.5. The fraction of sp³-hybridized carbons (Fsp3) is 0.0714. The first-order valence-corrected chi connectivity index (χ1v) is 13.3. The third-order valence-corrected chi connectivity index (χ3v) is 7.73. The predicted octanol–water partition coefficient (Wildman–Crippen LogP) is 6.12. The van der Waals surface area contributed by atoms with Gasteiger partial charge in [0.25, 0.3) is 21.6 Å². The van der Waals surface area contributed by atoms with E-state index in [0.717, 1.165) is 29.3 Å². The SMILES string of the molecule is Cc1ccc(C(=O)Oc2ccc(N(C(=O)c3ccc(C)cc3)S(=O)(=O)c3ccc(Cl)c([N+](=O)[O-])c3)cc2)cc1. The molecule has 9 nitrogen and oxygen atoms in total. The van der Waals surface area contributed by atoms with Crippen LogP contribution in [0, 0.1) is 24.0 Å². The Hall–Kier alpha value is -4.54. The van der Waals surface area contributed by atoms with Crippen molar-refractivity contribution in [2.45, 2.75) is 18.7 Å². The van der Waals surface area contributed by atoms with Gasteiger partial charge in [-0.25, -0.2) is 13.2 Å². The molecule has 4 rings (SSSR count). The quantitative estimate of drug-likeness (QED) is 0.115. The third kappa shape index (κ3) is 5.97. The number of nitro groups is 1. The molecule has 11 heteroatoms. The van der Waals surface area contributed by atoms with Crippen molar-refractivity contribution in [3.05, 3.63) is 128 Å². The summed E-state index contributed by atoms with van der Waals surface area (Å²) < 4.78 is 33.4. The van der Waals surface area contributed by atoms with Gasteiger partial charge < -0.3 is 4.74 Å². The smallest absolute Gasteiger partial charge is 0.343 e. The van der Waals surface area contributed by atoms with E-state index in [2.05, 4.69) is 0 Å². The van der Waals surface area contributed by atoms with Crippen LogP contribution in [-0.2, 0) is 10.0 Å². The molecule has 0 atom stereocenters. The third-order valence-electron chi connectivity index (χ3n) is 5.70. The Morgan fingerprint density at radius 2 is 1.36 bits per heavy atom. The summed E-state index contributed by atoms with van der Waals surface area (Å²) in [6.45, 7) is 3.69. The van der Waals surface area contributed by atoms with Gasteiger partial charge >= 0.3 is 5.97 Å². The number of nitro benzene ring substituents is 1. The minimum absolute atomic E-state index is 0.0718. The van der Waals surface area contributed by atoms with Crippen LogP contribution in [0.25, 0.3) is 0 Å². The predicted molar refractivity (Wildman–Crippen MR) is 146 cm³/mol. The van der Waals surface area contributed by atoms with Gasteiger partial charge in [-0.05, 0) is 74.5 Å². The molecule has 0 aliphatic heterocycles. The van der Waals surface area contributed by atoms with E-state index >= 15 is 0 Å². The number of amides is 1. The Morgan fingerprint density at radius 3 is 1.90 bits per heavy atom. The summed E-state index contributed by atoms with van der Waals surface area (Å²) >= 11 is 5.86. The zero-order chi connectivity index (χ0) is 28.3. The summed E-state index contributed by atoms with van der Waals surface area (Å²) in [6.07, 6.45) is 0. The van der Waals surface area contributed by atoms with E-state index in [-0.39, 0.29) is 22.0 Å². The highest BCUT2D eigenvalue weighted by Gasteiger charge is 2.33. The van der Waals surface area contributed by atoms with Crippen molar-refractivity contribution in [1.29, 1.82) is 0 Å². The second kappa shape index (κ2) is 11.1. The molecule has 1 amide bonds. The number of sulfonamides is 1. The molecule has 0 bridgehead atoms. The summed E-state index contributed by atoms with van der Waals surface area (Å²) in [5.41, 5.74) is 1.53. The molecule has 0 fully saturated rings. The molecule has 0 aliphatic carbocycles. The fourth-order valence-corrected chi connectivity index (χ4v) is 5.20. The van der Waals surface area contributed by atoms with E-state index in [4.69, 9.17) is 16.3 Å². The van der Waals surface area contributed by atoms with E-state index in [0.29, 0.717) is 9.87 Å². The summed E-state index contributed by atoms with van der Waals surface area (Å²) in [5, 5.41) is 11.1. The van der Waals surface area contributed by atoms with Gasteiger partial charge in [0, 0.05) is 11.6 Å². The number of carbonyl (C=O) groups excluding carboxylic acids is 2. The van der Waals surface area contributed by atoms with Crippen LogP contribution in [0.3, 0.4) is 0 Å². The molecule has 0 aliphatic rings. The zero-order valence-electron chi connectivity index (χ0n) is 20.7. The average Bonchev–Trinajstić information content (AvgIpc) is 2.90. The molecule has 0 saturated carbocycles. The molecule has 0 heterocycles. The van der Waals surface area contributed by atoms with Crippen LogP contribution in [0.4, 0.5) is 11.4 Å². The lowest BCUT2D eigenvalue weighted by Crippen LogP contribution is -2.37. The summed E-state index contributed by atoms with van der Waals surface area (Å²) in [4.78, 5) is 36.1. The summed E-state index contributed by atoms with van der Waals surface area (Å²) in [6, 6.07) is 21.3. The molecule has 4 aromatic rings. The number of anilines is 1. The van der Waals surface area contributed by atoms with Crippen molar-refractivity contribution in [2.24, 2.45) is 0 Å². The van der Waals surface area contributed by atoms with E-state index in [1.165, 1.54) is 36.4 Å². The lowest BCUT2D eigenvalue weighted by molar-refractivity contribution is -0.384. The number of halogens is 1. The Kier molecular flexibility index (Phi) is 7.80. The topological polar surface area (TPSA) is 124 Å². The molecule has 39 heavy (non-hydrogen) atoms. The van der Waals surface area contributed by atoms with Crippen molar-refractivity contribution < 1.29 is 27.7 Å². The van der Waals surface area contributed by atoms with Crippen LogP contribution in [0.15, 0.2) is 95.9 Å². The molecule has 0 N–H and O–H groups in total. The van der Waals surface area contributed by atoms with E-state index in [1.54, 1.807) is 36.4 Å². The van der Waals surface area contributed by atoms with Gasteiger partial charge in [0.05, 0.1) is 21.1 Å². The van der Waals surface area contributed by atoms with Gasteiger partial charge in [-0.15, -0.1) is 0 Å². The first kappa shape index (κ1) is 27.5. The highest BCUT2D eigenvalue weighted by molar-refractivity contribution is 7.93. The van der Waals surface area contributed by atoms with Crippen LogP contribution >= 0.6 is 11.6 Å². The molecule has 0 saturated heterocycles. The maximum atomic E-state index is 13.7. The Balaban J connectivity index is 1.74. The van der Waals surface area contributed by atoms with E-state index in [9.17, 15) is 28.1 Å². The minimum atomic E-state index is -4.65. The molecular weight excluding hydrogens is 544 g/mol. The van der Waals surface area contributed by atoms with Crippen molar-refractivity contribution in [2.75, 3.05) is 4.31 Å². The number of benzene rings is 4. The Morgan fingerprint density at radius 1 is 0.821 bits per heavy atom. The first-order valence-electron chi connectivity index (χ1n) is 11.5. The molecule has 0 unspecified atom stereocenters. The lowest BCUT2D eigenvalue weighted by atomic mass is 10.1.